The maximum atomic E-state index is 13.7. The first-order chi connectivity index (χ1) is 10.2. The molecule has 0 saturated heterocycles. The standard InChI is InChI=1S/C16H26FN3O.HI/c1-4-6-7-10-19-16(18-3)20-12-13-8-9-15(21-5-2)14(17)11-13;/h8-9,11H,4-7,10,12H2,1-3H3,(H2,18,19,20);1H. The van der Waals surface area contributed by atoms with E-state index in [0.29, 0.717) is 18.9 Å². The maximum Gasteiger partial charge on any atom is 0.191 e. The molecular weight excluding hydrogens is 396 g/mol. The van der Waals surface area contributed by atoms with Crippen molar-refractivity contribution < 1.29 is 9.13 Å². The molecule has 6 heteroatoms. The summed E-state index contributed by atoms with van der Waals surface area (Å²) in [6.07, 6.45) is 3.52. The van der Waals surface area contributed by atoms with E-state index in [1.165, 1.54) is 18.9 Å². The van der Waals surface area contributed by atoms with E-state index in [1.807, 2.05) is 13.0 Å². The summed E-state index contributed by atoms with van der Waals surface area (Å²) in [5.41, 5.74) is 0.854. The molecule has 0 heterocycles. The molecule has 0 amide bonds. The molecule has 126 valence electrons. The van der Waals surface area contributed by atoms with Gasteiger partial charge in [0.05, 0.1) is 6.61 Å². The van der Waals surface area contributed by atoms with Crippen LogP contribution in [0.3, 0.4) is 0 Å². The first-order valence-electron chi connectivity index (χ1n) is 7.57. The Morgan fingerprint density at radius 3 is 2.59 bits per heavy atom. The predicted molar refractivity (Wildman–Crippen MR) is 101 cm³/mol. The van der Waals surface area contributed by atoms with Crippen LogP contribution >= 0.6 is 24.0 Å². The molecular formula is C16H27FIN3O. The maximum absolute atomic E-state index is 13.7. The highest BCUT2D eigenvalue weighted by molar-refractivity contribution is 14.0. The minimum atomic E-state index is -0.331. The van der Waals surface area contributed by atoms with E-state index in [-0.39, 0.29) is 29.8 Å². The second-order valence-corrected chi connectivity index (χ2v) is 4.76. The summed E-state index contributed by atoms with van der Waals surface area (Å²) in [6, 6.07) is 5.00. The number of nitrogens with zero attached hydrogens (tertiary/aromatic N) is 1. The van der Waals surface area contributed by atoms with Gasteiger partial charge < -0.3 is 15.4 Å². The molecule has 1 aromatic rings. The first-order valence-corrected chi connectivity index (χ1v) is 7.57. The highest BCUT2D eigenvalue weighted by Gasteiger charge is 2.05. The molecule has 0 aliphatic heterocycles. The average Bonchev–Trinajstić information content (AvgIpc) is 2.49. The lowest BCUT2D eigenvalue weighted by molar-refractivity contribution is 0.321. The van der Waals surface area contributed by atoms with E-state index < -0.39 is 0 Å². The number of ether oxygens (including phenoxy) is 1. The Hall–Kier alpha value is -1.05. The Balaban J connectivity index is 0.00000441. The van der Waals surface area contributed by atoms with E-state index in [9.17, 15) is 4.39 Å². The zero-order valence-corrected chi connectivity index (χ0v) is 15.9. The smallest absolute Gasteiger partial charge is 0.191 e. The van der Waals surface area contributed by atoms with Crippen LogP contribution in [-0.2, 0) is 6.54 Å². The number of rotatable bonds is 8. The van der Waals surface area contributed by atoms with Gasteiger partial charge in [0, 0.05) is 20.1 Å². The molecule has 1 rings (SSSR count). The van der Waals surface area contributed by atoms with E-state index in [0.717, 1.165) is 24.5 Å². The lowest BCUT2D eigenvalue weighted by atomic mass is 10.2. The molecule has 0 aromatic heterocycles. The van der Waals surface area contributed by atoms with Crippen molar-refractivity contribution in [3.63, 3.8) is 0 Å². The van der Waals surface area contributed by atoms with Crippen LogP contribution in [0.15, 0.2) is 23.2 Å². The number of halogens is 2. The Bertz CT molecular complexity index is 455. The molecule has 0 spiro atoms. The highest BCUT2D eigenvalue weighted by atomic mass is 127. The van der Waals surface area contributed by atoms with Gasteiger partial charge in [-0.3, -0.25) is 4.99 Å². The fraction of sp³-hybridized carbons (Fsp3) is 0.562. The van der Waals surface area contributed by atoms with Crippen LogP contribution < -0.4 is 15.4 Å². The third-order valence-corrected chi connectivity index (χ3v) is 3.05. The number of hydrogen-bond donors (Lipinski definition) is 2. The van der Waals surface area contributed by atoms with Crippen molar-refractivity contribution in [2.75, 3.05) is 20.2 Å². The minimum absolute atomic E-state index is 0. The van der Waals surface area contributed by atoms with Crippen molar-refractivity contribution in [2.45, 2.75) is 39.7 Å². The van der Waals surface area contributed by atoms with Gasteiger partial charge in [0.15, 0.2) is 17.5 Å². The Kier molecular flexibility index (Phi) is 11.9. The van der Waals surface area contributed by atoms with Gasteiger partial charge in [-0.1, -0.05) is 25.8 Å². The molecule has 1 aromatic carbocycles. The fourth-order valence-corrected chi connectivity index (χ4v) is 1.92. The van der Waals surface area contributed by atoms with E-state index in [2.05, 4.69) is 22.5 Å². The topological polar surface area (TPSA) is 45.7 Å². The lowest BCUT2D eigenvalue weighted by Crippen LogP contribution is -2.37. The van der Waals surface area contributed by atoms with Crippen molar-refractivity contribution in [1.82, 2.24) is 10.6 Å². The molecule has 0 aliphatic rings. The molecule has 0 fully saturated rings. The van der Waals surface area contributed by atoms with Gasteiger partial charge in [-0.15, -0.1) is 24.0 Å². The van der Waals surface area contributed by atoms with Crippen LogP contribution in [0.4, 0.5) is 4.39 Å². The Labute approximate surface area is 149 Å². The molecule has 0 radical (unpaired) electrons. The van der Waals surface area contributed by atoms with Gasteiger partial charge in [0.2, 0.25) is 0 Å². The summed E-state index contributed by atoms with van der Waals surface area (Å²) in [5.74, 6) is 0.700. The minimum Gasteiger partial charge on any atom is -0.491 e. The van der Waals surface area contributed by atoms with Gasteiger partial charge in [-0.25, -0.2) is 4.39 Å². The van der Waals surface area contributed by atoms with E-state index >= 15 is 0 Å². The fourth-order valence-electron chi connectivity index (χ4n) is 1.92. The van der Waals surface area contributed by atoms with Crippen molar-refractivity contribution in [3.05, 3.63) is 29.6 Å². The normalized spacial score (nSPS) is 10.8. The lowest BCUT2D eigenvalue weighted by Gasteiger charge is -2.12. The molecule has 4 nitrogen and oxygen atoms in total. The van der Waals surface area contributed by atoms with E-state index in [4.69, 9.17) is 4.74 Å². The first kappa shape index (κ1) is 20.9. The van der Waals surface area contributed by atoms with Gasteiger partial charge >= 0.3 is 0 Å². The zero-order valence-electron chi connectivity index (χ0n) is 13.6. The Morgan fingerprint density at radius 1 is 1.23 bits per heavy atom. The molecule has 0 unspecified atom stereocenters. The summed E-state index contributed by atoms with van der Waals surface area (Å²) in [7, 11) is 1.73. The number of hydrogen-bond acceptors (Lipinski definition) is 2. The van der Waals surface area contributed by atoms with Crippen molar-refractivity contribution in [2.24, 2.45) is 4.99 Å². The van der Waals surface area contributed by atoms with Gasteiger partial charge in [-0.05, 0) is 31.0 Å². The number of unbranched alkanes of at least 4 members (excludes halogenated alkanes) is 2. The van der Waals surface area contributed by atoms with Crippen molar-refractivity contribution in [3.8, 4) is 5.75 Å². The summed E-state index contributed by atoms with van der Waals surface area (Å²) in [6.45, 7) is 5.89. The third kappa shape index (κ3) is 7.82. The number of aliphatic imine (C=N–C) groups is 1. The summed E-state index contributed by atoms with van der Waals surface area (Å²) < 4.78 is 18.9. The predicted octanol–water partition coefficient (Wildman–Crippen LogP) is 3.70. The highest BCUT2D eigenvalue weighted by Crippen LogP contribution is 2.18. The molecule has 2 N–H and O–H groups in total. The second kappa shape index (κ2) is 12.5. The van der Waals surface area contributed by atoms with Crippen LogP contribution in [0.1, 0.15) is 38.7 Å². The zero-order chi connectivity index (χ0) is 15.5. The third-order valence-electron chi connectivity index (χ3n) is 3.05. The molecule has 0 saturated carbocycles. The quantitative estimate of drug-likeness (QED) is 0.290. The van der Waals surface area contributed by atoms with Crippen LogP contribution in [0, 0.1) is 5.82 Å². The molecule has 22 heavy (non-hydrogen) atoms. The summed E-state index contributed by atoms with van der Waals surface area (Å²) in [5, 5.41) is 6.41. The van der Waals surface area contributed by atoms with Crippen LogP contribution in [0.5, 0.6) is 5.75 Å². The van der Waals surface area contributed by atoms with Gasteiger partial charge in [0.1, 0.15) is 0 Å². The second-order valence-electron chi connectivity index (χ2n) is 4.76. The van der Waals surface area contributed by atoms with Crippen molar-refractivity contribution >= 4 is 29.9 Å². The van der Waals surface area contributed by atoms with Crippen molar-refractivity contribution in [1.29, 1.82) is 0 Å². The summed E-state index contributed by atoms with van der Waals surface area (Å²) >= 11 is 0. The van der Waals surface area contributed by atoms with Crippen LogP contribution in [0.2, 0.25) is 0 Å². The number of guanidine groups is 1. The number of benzene rings is 1. The molecule has 0 atom stereocenters. The molecule has 0 aliphatic carbocycles. The van der Waals surface area contributed by atoms with Gasteiger partial charge in [0.25, 0.3) is 0 Å². The number of nitrogens with one attached hydrogen (secondary N) is 2. The van der Waals surface area contributed by atoms with E-state index in [1.54, 1.807) is 13.1 Å². The largest absolute Gasteiger partial charge is 0.491 e. The molecule has 0 bridgehead atoms. The SMILES string of the molecule is CCCCCNC(=NC)NCc1ccc(OCC)c(F)c1.I. The van der Waals surface area contributed by atoms with Crippen LogP contribution in [-0.4, -0.2) is 26.2 Å². The van der Waals surface area contributed by atoms with Crippen LogP contribution in [0.25, 0.3) is 0 Å². The Morgan fingerprint density at radius 2 is 2.00 bits per heavy atom. The average molecular weight is 423 g/mol. The monoisotopic (exact) mass is 423 g/mol. The van der Waals surface area contributed by atoms with Gasteiger partial charge in [-0.2, -0.15) is 0 Å². The summed E-state index contributed by atoms with van der Waals surface area (Å²) in [4.78, 5) is 4.15.